The summed E-state index contributed by atoms with van der Waals surface area (Å²) in [6, 6.07) is 7.75. The van der Waals surface area contributed by atoms with E-state index in [0.29, 0.717) is 31.1 Å². The third-order valence-corrected chi connectivity index (χ3v) is 6.55. The van der Waals surface area contributed by atoms with Gasteiger partial charge in [0, 0.05) is 18.7 Å². The number of rotatable bonds is 6. The Hall–Kier alpha value is -2.26. The number of aryl methyl sites for hydroxylation is 1. The van der Waals surface area contributed by atoms with Crippen LogP contribution in [0, 0.1) is 12.8 Å². The van der Waals surface area contributed by atoms with E-state index in [9.17, 15) is 13.2 Å². The third kappa shape index (κ3) is 4.72. The third-order valence-electron chi connectivity index (χ3n) is 4.70. The Morgan fingerprint density at radius 2 is 2.07 bits per heavy atom. The van der Waals surface area contributed by atoms with E-state index in [0.717, 1.165) is 11.1 Å². The zero-order chi connectivity index (χ0) is 19.4. The number of hydrogen-bond donors (Lipinski definition) is 1. The number of nitrogens with one attached hydrogen (secondary N) is 1. The Morgan fingerprint density at radius 3 is 2.78 bits per heavy atom. The molecule has 1 aromatic carbocycles. The van der Waals surface area contributed by atoms with Crippen molar-refractivity contribution >= 4 is 15.9 Å². The number of sulfonamides is 1. The van der Waals surface area contributed by atoms with Crippen LogP contribution in [0.1, 0.15) is 31.2 Å². The number of carbonyl (C=O) groups excluding carboxylic acids is 1. The minimum absolute atomic E-state index is 0.0467. The van der Waals surface area contributed by atoms with Gasteiger partial charge in [-0.15, -0.1) is 0 Å². The SMILES string of the molecule is CCS(=O)(=O)N1CCCC(C(=O)NCc2nc(-c3ccc(C)cc3)no2)C1. The van der Waals surface area contributed by atoms with Crippen LogP contribution in [-0.4, -0.2) is 47.6 Å². The van der Waals surface area contributed by atoms with Crippen molar-refractivity contribution in [2.75, 3.05) is 18.8 Å². The summed E-state index contributed by atoms with van der Waals surface area (Å²) in [5.74, 6) is 0.274. The van der Waals surface area contributed by atoms with Crippen LogP contribution in [-0.2, 0) is 21.4 Å². The van der Waals surface area contributed by atoms with Crippen molar-refractivity contribution in [3.63, 3.8) is 0 Å². The van der Waals surface area contributed by atoms with E-state index in [1.807, 2.05) is 31.2 Å². The van der Waals surface area contributed by atoms with E-state index in [2.05, 4.69) is 15.5 Å². The van der Waals surface area contributed by atoms with Gasteiger partial charge in [0.1, 0.15) is 0 Å². The Balaban J connectivity index is 1.57. The quantitative estimate of drug-likeness (QED) is 0.802. The maximum Gasteiger partial charge on any atom is 0.246 e. The van der Waals surface area contributed by atoms with E-state index in [4.69, 9.17) is 4.52 Å². The first-order valence-corrected chi connectivity index (χ1v) is 10.6. The average molecular weight is 392 g/mol. The molecule has 1 saturated heterocycles. The van der Waals surface area contributed by atoms with Crippen molar-refractivity contribution in [3.8, 4) is 11.4 Å². The largest absolute Gasteiger partial charge is 0.347 e. The standard InChI is InChI=1S/C18H24N4O4S/c1-3-27(24,25)22-10-4-5-15(12-22)18(23)19-11-16-20-17(21-26-16)14-8-6-13(2)7-9-14/h6-9,15H,3-5,10-12H2,1-2H3,(H,19,23). The van der Waals surface area contributed by atoms with Crippen LogP contribution < -0.4 is 5.32 Å². The highest BCUT2D eigenvalue weighted by atomic mass is 32.2. The molecule has 0 saturated carbocycles. The van der Waals surface area contributed by atoms with Gasteiger partial charge in [-0.3, -0.25) is 4.79 Å². The first-order chi connectivity index (χ1) is 12.9. The predicted molar refractivity (Wildman–Crippen MR) is 100 cm³/mol. The zero-order valence-electron chi connectivity index (χ0n) is 15.5. The summed E-state index contributed by atoms with van der Waals surface area (Å²) < 4.78 is 30.6. The Kier molecular flexibility index (Phi) is 5.91. The molecule has 3 rings (SSSR count). The highest BCUT2D eigenvalue weighted by molar-refractivity contribution is 7.89. The van der Waals surface area contributed by atoms with Crippen molar-refractivity contribution < 1.29 is 17.7 Å². The monoisotopic (exact) mass is 392 g/mol. The number of carbonyl (C=O) groups is 1. The Morgan fingerprint density at radius 1 is 1.33 bits per heavy atom. The fourth-order valence-electron chi connectivity index (χ4n) is 3.05. The maximum atomic E-state index is 12.4. The van der Waals surface area contributed by atoms with Gasteiger partial charge in [-0.1, -0.05) is 35.0 Å². The van der Waals surface area contributed by atoms with Gasteiger partial charge in [-0.2, -0.15) is 4.98 Å². The van der Waals surface area contributed by atoms with Crippen molar-refractivity contribution in [1.29, 1.82) is 0 Å². The van der Waals surface area contributed by atoms with Crippen LogP contribution in [0.4, 0.5) is 0 Å². The summed E-state index contributed by atoms with van der Waals surface area (Å²) in [5, 5.41) is 6.71. The molecular weight excluding hydrogens is 368 g/mol. The van der Waals surface area contributed by atoms with E-state index >= 15 is 0 Å². The van der Waals surface area contributed by atoms with Gasteiger partial charge in [-0.25, -0.2) is 12.7 Å². The van der Waals surface area contributed by atoms with E-state index < -0.39 is 10.0 Å². The number of hydrogen-bond acceptors (Lipinski definition) is 6. The van der Waals surface area contributed by atoms with Crippen molar-refractivity contribution in [2.24, 2.45) is 5.92 Å². The van der Waals surface area contributed by atoms with Crippen LogP contribution in [0.5, 0.6) is 0 Å². The molecule has 27 heavy (non-hydrogen) atoms. The molecular formula is C18H24N4O4S. The molecule has 146 valence electrons. The molecule has 1 amide bonds. The lowest BCUT2D eigenvalue weighted by Crippen LogP contribution is -2.45. The minimum Gasteiger partial charge on any atom is -0.347 e. The number of benzene rings is 1. The number of amides is 1. The maximum absolute atomic E-state index is 12.4. The van der Waals surface area contributed by atoms with Gasteiger partial charge in [0.15, 0.2) is 0 Å². The molecule has 0 aliphatic carbocycles. The Labute approximate surface area is 159 Å². The molecule has 8 nitrogen and oxygen atoms in total. The molecule has 1 N–H and O–H groups in total. The molecule has 2 aromatic rings. The summed E-state index contributed by atoms with van der Waals surface area (Å²) in [4.78, 5) is 16.7. The molecule has 0 bridgehead atoms. The highest BCUT2D eigenvalue weighted by Gasteiger charge is 2.31. The molecule has 9 heteroatoms. The fraction of sp³-hybridized carbons (Fsp3) is 0.500. The van der Waals surface area contributed by atoms with Crippen LogP contribution >= 0.6 is 0 Å². The first kappa shape index (κ1) is 19.5. The Bertz CT molecular complexity index is 892. The summed E-state index contributed by atoms with van der Waals surface area (Å²) >= 11 is 0. The molecule has 0 radical (unpaired) electrons. The second-order valence-electron chi connectivity index (χ2n) is 6.69. The fourth-order valence-corrected chi connectivity index (χ4v) is 4.22. The topological polar surface area (TPSA) is 105 Å². The molecule has 1 aliphatic rings. The van der Waals surface area contributed by atoms with E-state index in [1.54, 1.807) is 6.92 Å². The van der Waals surface area contributed by atoms with Crippen LogP contribution in [0.2, 0.25) is 0 Å². The summed E-state index contributed by atoms with van der Waals surface area (Å²) in [6.07, 6.45) is 1.34. The number of aromatic nitrogens is 2. The van der Waals surface area contributed by atoms with Gasteiger partial charge >= 0.3 is 0 Å². The second-order valence-corrected chi connectivity index (χ2v) is 8.95. The van der Waals surface area contributed by atoms with Crippen LogP contribution in [0.25, 0.3) is 11.4 Å². The summed E-state index contributed by atoms with van der Waals surface area (Å²) in [7, 11) is -3.27. The average Bonchev–Trinajstić information content (AvgIpc) is 3.16. The lowest BCUT2D eigenvalue weighted by atomic mass is 9.99. The molecule has 1 aromatic heterocycles. The van der Waals surface area contributed by atoms with Gasteiger partial charge in [0.2, 0.25) is 27.6 Å². The summed E-state index contributed by atoms with van der Waals surface area (Å²) in [6.45, 7) is 4.43. The van der Waals surface area contributed by atoms with Crippen molar-refractivity contribution in [1.82, 2.24) is 19.8 Å². The van der Waals surface area contributed by atoms with Gasteiger partial charge in [0.25, 0.3) is 0 Å². The molecule has 1 unspecified atom stereocenters. The van der Waals surface area contributed by atoms with Crippen LogP contribution in [0.15, 0.2) is 28.8 Å². The van der Waals surface area contributed by atoms with Crippen LogP contribution in [0.3, 0.4) is 0 Å². The summed E-state index contributed by atoms with van der Waals surface area (Å²) in [5.41, 5.74) is 1.98. The lowest BCUT2D eigenvalue weighted by Gasteiger charge is -2.30. The predicted octanol–water partition coefficient (Wildman–Crippen LogP) is 1.72. The van der Waals surface area contributed by atoms with Gasteiger partial charge in [0.05, 0.1) is 18.2 Å². The van der Waals surface area contributed by atoms with Gasteiger partial charge < -0.3 is 9.84 Å². The molecule has 2 heterocycles. The van der Waals surface area contributed by atoms with Crippen molar-refractivity contribution in [3.05, 3.63) is 35.7 Å². The molecule has 1 fully saturated rings. The zero-order valence-corrected chi connectivity index (χ0v) is 16.3. The second kappa shape index (κ2) is 8.18. The lowest BCUT2D eigenvalue weighted by molar-refractivity contribution is -0.126. The molecule has 1 aliphatic heterocycles. The van der Waals surface area contributed by atoms with Crippen molar-refractivity contribution in [2.45, 2.75) is 33.2 Å². The number of nitrogens with zero attached hydrogens (tertiary/aromatic N) is 3. The van der Waals surface area contributed by atoms with E-state index in [-0.39, 0.29) is 30.7 Å². The van der Waals surface area contributed by atoms with E-state index in [1.165, 1.54) is 4.31 Å². The minimum atomic E-state index is -3.27. The van der Waals surface area contributed by atoms with Gasteiger partial charge in [-0.05, 0) is 26.7 Å². The smallest absolute Gasteiger partial charge is 0.246 e. The number of piperidine rings is 1. The highest BCUT2D eigenvalue weighted by Crippen LogP contribution is 2.20. The molecule has 0 spiro atoms. The normalized spacial score (nSPS) is 18.4. The molecule has 1 atom stereocenters. The first-order valence-electron chi connectivity index (χ1n) is 9.04.